The maximum Gasteiger partial charge on any atom is -0.0383 e. The first-order chi connectivity index (χ1) is 3.86. The zero-order valence-electron chi connectivity index (χ0n) is 5.56. The highest BCUT2D eigenvalue weighted by Gasteiger charge is 2.37. The Morgan fingerprint density at radius 2 is 2.00 bits per heavy atom. The SMILES string of the molecule is C[C@@H]1C[C@H]1CC1CC1. The highest BCUT2D eigenvalue weighted by Crippen LogP contribution is 2.48. The predicted molar refractivity (Wildman–Crippen MR) is 34.6 cm³/mol. The van der Waals surface area contributed by atoms with Crippen LogP contribution in [0.4, 0.5) is 0 Å². The Labute approximate surface area is 51.3 Å². The molecule has 0 heterocycles. The fourth-order valence-electron chi connectivity index (χ4n) is 1.51. The minimum Gasteiger partial charge on any atom is -0.0622 e. The Kier molecular flexibility index (Phi) is 0.902. The van der Waals surface area contributed by atoms with Crippen molar-refractivity contribution in [3.63, 3.8) is 0 Å². The third-order valence-corrected chi connectivity index (χ3v) is 2.61. The van der Waals surface area contributed by atoms with Crippen molar-refractivity contribution < 1.29 is 0 Å². The van der Waals surface area contributed by atoms with Crippen molar-refractivity contribution in [1.29, 1.82) is 0 Å². The highest BCUT2D eigenvalue weighted by molar-refractivity contribution is 4.87. The average molecular weight is 110 g/mol. The van der Waals surface area contributed by atoms with Crippen molar-refractivity contribution in [1.82, 2.24) is 0 Å². The lowest BCUT2D eigenvalue weighted by Gasteiger charge is -1.89. The fourth-order valence-corrected chi connectivity index (χ4v) is 1.51. The van der Waals surface area contributed by atoms with E-state index in [1.165, 1.54) is 12.3 Å². The molecule has 8 heavy (non-hydrogen) atoms. The van der Waals surface area contributed by atoms with Crippen LogP contribution in [0.1, 0.15) is 32.6 Å². The van der Waals surface area contributed by atoms with Gasteiger partial charge in [0.1, 0.15) is 0 Å². The second kappa shape index (κ2) is 1.49. The molecule has 0 heteroatoms. The fraction of sp³-hybridized carbons (Fsp3) is 1.00. The highest BCUT2D eigenvalue weighted by atomic mass is 14.4. The van der Waals surface area contributed by atoms with Gasteiger partial charge in [-0.2, -0.15) is 0 Å². The van der Waals surface area contributed by atoms with Gasteiger partial charge in [0.05, 0.1) is 0 Å². The third kappa shape index (κ3) is 0.888. The Morgan fingerprint density at radius 1 is 1.38 bits per heavy atom. The lowest BCUT2D eigenvalue weighted by Crippen LogP contribution is -1.79. The first-order valence-corrected chi connectivity index (χ1v) is 3.86. The van der Waals surface area contributed by atoms with Crippen molar-refractivity contribution in [3.05, 3.63) is 0 Å². The van der Waals surface area contributed by atoms with Crippen LogP contribution < -0.4 is 0 Å². The summed E-state index contributed by atoms with van der Waals surface area (Å²) in [5.41, 5.74) is 0. The standard InChI is InChI=1S/C8H14/c1-6-4-8(6)5-7-2-3-7/h6-8H,2-5H2,1H3/t6-,8+/m1/s1. The van der Waals surface area contributed by atoms with Gasteiger partial charge in [-0.1, -0.05) is 19.8 Å². The van der Waals surface area contributed by atoms with Crippen LogP contribution in [-0.4, -0.2) is 0 Å². The van der Waals surface area contributed by atoms with Crippen LogP contribution in [0.3, 0.4) is 0 Å². The molecule has 0 bridgehead atoms. The monoisotopic (exact) mass is 110 g/mol. The topological polar surface area (TPSA) is 0 Å². The molecule has 0 unspecified atom stereocenters. The summed E-state index contributed by atoms with van der Waals surface area (Å²) in [6.07, 6.45) is 6.20. The first-order valence-electron chi connectivity index (χ1n) is 3.86. The zero-order chi connectivity index (χ0) is 5.56. The summed E-state index contributed by atoms with van der Waals surface area (Å²) in [5.74, 6) is 3.42. The molecule has 2 saturated carbocycles. The van der Waals surface area contributed by atoms with E-state index in [2.05, 4.69) is 6.92 Å². The molecular formula is C8H14. The first kappa shape index (κ1) is 4.84. The van der Waals surface area contributed by atoms with E-state index < -0.39 is 0 Å². The molecule has 0 radical (unpaired) electrons. The van der Waals surface area contributed by atoms with Gasteiger partial charge < -0.3 is 0 Å². The van der Waals surface area contributed by atoms with E-state index >= 15 is 0 Å². The van der Waals surface area contributed by atoms with E-state index in [0.717, 1.165) is 11.8 Å². The van der Waals surface area contributed by atoms with E-state index in [4.69, 9.17) is 0 Å². The summed E-state index contributed by atoms with van der Waals surface area (Å²) in [7, 11) is 0. The quantitative estimate of drug-likeness (QED) is 0.512. The Balaban J connectivity index is 1.69. The van der Waals surface area contributed by atoms with Crippen LogP contribution in [0, 0.1) is 17.8 Å². The maximum atomic E-state index is 2.38. The Morgan fingerprint density at radius 3 is 2.38 bits per heavy atom. The molecule has 0 aromatic heterocycles. The van der Waals surface area contributed by atoms with Gasteiger partial charge in [0, 0.05) is 0 Å². The van der Waals surface area contributed by atoms with Gasteiger partial charge in [0.2, 0.25) is 0 Å². The summed E-state index contributed by atoms with van der Waals surface area (Å²) in [4.78, 5) is 0. The largest absolute Gasteiger partial charge is 0.0622 e. The van der Waals surface area contributed by atoms with Crippen LogP contribution in [0.15, 0.2) is 0 Å². The molecule has 0 aliphatic heterocycles. The van der Waals surface area contributed by atoms with Crippen LogP contribution in [0.25, 0.3) is 0 Å². The van der Waals surface area contributed by atoms with E-state index in [1.807, 2.05) is 0 Å². The van der Waals surface area contributed by atoms with E-state index in [-0.39, 0.29) is 0 Å². The molecule has 0 aromatic rings. The summed E-state index contributed by atoms with van der Waals surface area (Å²) in [6, 6.07) is 0. The van der Waals surface area contributed by atoms with Gasteiger partial charge >= 0.3 is 0 Å². The lowest BCUT2D eigenvalue weighted by atomic mass is 10.2. The van der Waals surface area contributed by atoms with Crippen LogP contribution in [0.5, 0.6) is 0 Å². The molecule has 0 N–H and O–H groups in total. The molecule has 2 aliphatic rings. The normalized spacial score (nSPS) is 44.6. The summed E-state index contributed by atoms with van der Waals surface area (Å²) < 4.78 is 0. The molecule has 0 nitrogen and oxygen atoms in total. The van der Waals surface area contributed by atoms with E-state index in [1.54, 1.807) is 19.3 Å². The molecule has 0 aromatic carbocycles. The lowest BCUT2D eigenvalue weighted by molar-refractivity contribution is 0.615. The van der Waals surface area contributed by atoms with E-state index in [9.17, 15) is 0 Å². The molecule has 2 fully saturated rings. The van der Waals surface area contributed by atoms with Crippen molar-refractivity contribution in [2.75, 3.05) is 0 Å². The van der Waals surface area contributed by atoms with E-state index in [0.29, 0.717) is 0 Å². The van der Waals surface area contributed by atoms with Crippen LogP contribution in [-0.2, 0) is 0 Å². The van der Waals surface area contributed by atoms with Crippen LogP contribution in [0.2, 0.25) is 0 Å². The van der Waals surface area contributed by atoms with Crippen molar-refractivity contribution in [2.45, 2.75) is 32.6 Å². The predicted octanol–water partition coefficient (Wildman–Crippen LogP) is 2.44. The molecule has 2 aliphatic carbocycles. The third-order valence-electron chi connectivity index (χ3n) is 2.61. The second-order valence-electron chi connectivity index (χ2n) is 3.65. The van der Waals surface area contributed by atoms with Gasteiger partial charge in [-0.25, -0.2) is 0 Å². The van der Waals surface area contributed by atoms with Crippen molar-refractivity contribution in [3.8, 4) is 0 Å². The molecule has 0 saturated heterocycles. The average Bonchev–Trinajstić information content (AvgIpc) is 2.52. The summed E-state index contributed by atoms with van der Waals surface area (Å²) >= 11 is 0. The molecule has 46 valence electrons. The molecule has 2 atom stereocenters. The van der Waals surface area contributed by atoms with Gasteiger partial charge in [-0.05, 0) is 30.6 Å². The van der Waals surface area contributed by atoms with Crippen molar-refractivity contribution >= 4 is 0 Å². The van der Waals surface area contributed by atoms with Crippen LogP contribution >= 0.6 is 0 Å². The van der Waals surface area contributed by atoms with Gasteiger partial charge in [0.25, 0.3) is 0 Å². The zero-order valence-corrected chi connectivity index (χ0v) is 5.56. The number of rotatable bonds is 2. The second-order valence-corrected chi connectivity index (χ2v) is 3.65. The van der Waals surface area contributed by atoms with Gasteiger partial charge in [-0.15, -0.1) is 0 Å². The number of hydrogen-bond acceptors (Lipinski definition) is 0. The molecule has 0 amide bonds. The molecule has 2 rings (SSSR count). The molecule has 0 spiro atoms. The Hall–Kier alpha value is 0. The number of hydrogen-bond donors (Lipinski definition) is 0. The minimum absolute atomic E-state index is 1.09. The Bertz CT molecular complexity index is 92.2. The molecular weight excluding hydrogens is 96.1 g/mol. The van der Waals surface area contributed by atoms with Gasteiger partial charge in [0.15, 0.2) is 0 Å². The summed E-state index contributed by atoms with van der Waals surface area (Å²) in [5, 5.41) is 0. The smallest absolute Gasteiger partial charge is 0.0383 e. The maximum absolute atomic E-state index is 2.38. The minimum atomic E-state index is 1.09. The van der Waals surface area contributed by atoms with Crippen molar-refractivity contribution in [2.24, 2.45) is 17.8 Å². The summed E-state index contributed by atoms with van der Waals surface area (Å²) in [6.45, 7) is 2.38. The van der Waals surface area contributed by atoms with Gasteiger partial charge in [-0.3, -0.25) is 0 Å².